The van der Waals surface area contributed by atoms with Gasteiger partial charge in [0.25, 0.3) is 0 Å². The first-order valence-electron chi connectivity index (χ1n) is 11.8. The molecule has 9 nitrogen and oxygen atoms in total. The van der Waals surface area contributed by atoms with Gasteiger partial charge in [-0.2, -0.15) is 0 Å². The second-order valence-electron chi connectivity index (χ2n) is 8.13. The number of sulfonamides is 1. The number of carbonyl (C=O) groups excluding carboxylic acids is 2. The smallest absolute Gasteiger partial charge is 0.244 e. The van der Waals surface area contributed by atoms with Gasteiger partial charge in [-0.3, -0.25) is 13.9 Å². The lowest BCUT2D eigenvalue weighted by Crippen LogP contribution is -2.52. The Morgan fingerprint density at radius 2 is 1.71 bits per heavy atom. The maximum absolute atomic E-state index is 13.5. The summed E-state index contributed by atoms with van der Waals surface area (Å²) < 4.78 is 38.2. The number of fused-ring (bicyclic) bond motifs is 1. The minimum absolute atomic E-state index is 0.190. The molecule has 1 aliphatic heterocycles. The number of amides is 2. The average molecular weight is 504 g/mol. The fraction of sp³-hybridized carbons (Fsp3) is 0.440. The monoisotopic (exact) mass is 503 g/mol. The number of benzene rings is 2. The third kappa shape index (κ3) is 6.66. The Labute approximate surface area is 207 Å². The van der Waals surface area contributed by atoms with Gasteiger partial charge in [0.05, 0.1) is 11.4 Å². The zero-order valence-corrected chi connectivity index (χ0v) is 21.2. The zero-order chi connectivity index (χ0) is 25.4. The van der Waals surface area contributed by atoms with Crippen molar-refractivity contribution in [1.29, 1.82) is 0 Å². The molecule has 0 bridgehead atoms. The Morgan fingerprint density at radius 3 is 2.37 bits per heavy atom. The van der Waals surface area contributed by atoms with E-state index in [1.54, 1.807) is 32.0 Å². The van der Waals surface area contributed by atoms with Crippen LogP contribution in [0.3, 0.4) is 0 Å². The highest BCUT2D eigenvalue weighted by atomic mass is 32.2. The van der Waals surface area contributed by atoms with Crippen molar-refractivity contribution in [3.05, 3.63) is 54.1 Å². The molecule has 2 aromatic rings. The molecule has 2 aromatic carbocycles. The van der Waals surface area contributed by atoms with Crippen LogP contribution in [0, 0.1) is 0 Å². The summed E-state index contributed by atoms with van der Waals surface area (Å²) in [6, 6.07) is 13.6. The molecule has 3 rings (SSSR count). The van der Waals surface area contributed by atoms with Gasteiger partial charge >= 0.3 is 0 Å². The lowest BCUT2D eigenvalue weighted by molar-refractivity contribution is -0.138. The summed E-state index contributed by atoms with van der Waals surface area (Å²) in [5.41, 5.74) is 1.32. The van der Waals surface area contributed by atoms with Crippen LogP contribution in [-0.4, -0.2) is 69.8 Å². The van der Waals surface area contributed by atoms with Crippen LogP contribution in [0.2, 0.25) is 0 Å². The van der Waals surface area contributed by atoms with E-state index in [1.807, 2.05) is 30.3 Å². The SMILES string of the molecule is CCNC(=O)C(C)N(CCc1ccccc1)C(=O)CN(c1ccc2c(c1)OCCO2)S(=O)(=O)CC. The van der Waals surface area contributed by atoms with Crippen molar-refractivity contribution in [2.45, 2.75) is 33.2 Å². The Kier molecular flexibility index (Phi) is 8.97. The van der Waals surface area contributed by atoms with Gasteiger partial charge in [-0.15, -0.1) is 0 Å². The molecular formula is C25H33N3O6S. The highest BCUT2D eigenvalue weighted by Crippen LogP contribution is 2.35. The number of hydrogen-bond donors (Lipinski definition) is 1. The second-order valence-corrected chi connectivity index (χ2v) is 10.3. The summed E-state index contributed by atoms with van der Waals surface area (Å²) in [6.07, 6.45) is 0.529. The van der Waals surface area contributed by atoms with Crippen LogP contribution < -0.4 is 19.1 Å². The van der Waals surface area contributed by atoms with Gasteiger partial charge < -0.3 is 19.7 Å². The molecule has 190 valence electrons. The molecule has 2 amide bonds. The molecule has 35 heavy (non-hydrogen) atoms. The van der Waals surface area contributed by atoms with E-state index in [0.29, 0.717) is 43.4 Å². The van der Waals surface area contributed by atoms with Gasteiger partial charge in [-0.05, 0) is 44.9 Å². The Bertz CT molecular complexity index is 1120. The van der Waals surface area contributed by atoms with Crippen LogP contribution in [0.15, 0.2) is 48.5 Å². The van der Waals surface area contributed by atoms with Crippen molar-refractivity contribution in [1.82, 2.24) is 10.2 Å². The van der Waals surface area contributed by atoms with Crippen LogP contribution in [0.1, 0.15) is 26.3 Å². The van der Waals surface area contributed by atoms with Gasteiger partial charge in [0.15, 0.2) is 11.5 Å². The van der Waals surface area contributed by atoms with Crippen LogP contribution in [-0.2, 0) is 26.0 Å². The van der Waals surface area contributed by atoms with Gasteiger partial charge in [0, 0.05) is 19.2 Å². The highest BCUT2D eigenvalue weighted by molar-refractivity contribution is 7.92. The van der Waals surface area contributed by atoms with Crippen LogP contribution in [0.25, 0.3) is 0 Å². The maximum atomic E-state index is 13.5. The van der Waals surface area contributed by atoms with Crippen molar-refractivity contribution in [2.24, 2.45) is 0 Å². The van der Waals surface area contributed by atoms with Crippen molar-refractivity contribution >= 4 is 27.5 Å². The molecule has 0 saturated carbocycles. The van der Waals surface area contributed by atoms with E-state index in [2.05, 4.69) is 5.32 Å². The fourth-order valence-corrected chi connectivity index (χ4v) is 4.85. The minimum Gasteiger partial charge on any atom is -0.486 e. The van der Waals surface area contributed by atoms with E-state index in [9.17, 15) is 18.0 Å². The van der Waals surface area contributed by atoms with Gasteiger partial charge in [0.1, 0.15) is 25.8 Å². The first kappa shape index (κ1) is 26.3. The van der Waals surface area contributed by atoms with Crippen molar-refractivity contribution in [3.63, 3.8) is 0 Å². The lowest BCUT2D eigenvalue weighted by atomic mass is 10.1. The molecule has 1 atom stereocenters. The number of nitrogens with zero attached hydrogens (tertiary/aromatic N) is 2. The van der Waals surface area contributed by atoms with Crippen molar-refractivity contribution in [2.75, 3.05) is 42.9 Å². The molecular weight excluding hydrogens is 470 g/mol. The van der Waals surface area contributed by atoms with E-state index in [-0.39, 0.29) is 18.2 Å². The molecule has 1 unspecified atom stereocenters. The summed E-state index contributed by atoms with van der Waals surface area (Å²) in [5, 5.41) is 2.74. The third-order valence-electron chi connectivity index (χ3n) is 5.80. The molecule has 10 heteroatoms. The van der Waals surface area contributed by atoms with E-state index in [0.717, 1.165) is 9.87 Å². The molecule has 1 N–H and O–H groups in total. The number of rotatable bonds is 11. The summed E-state index contributed by atoms with van der Waals surface area (Å²) >= 11 is 0. The number of nitrogens with one attached hydrogen (secondary N) is 1. The van der Waals surface area contributed by atoms with Crippen LogP contribution >= 0.6 is 0 Å². The summed E-state index contributed by atoms with van der Waals surface area (Å²) in [7, 11) is -3.80. The van der Waals surface area contributed by atoms with Gasteiger partial charge in [-0.1, -0.05) is 30.3 Å². The molecule has 0 spiro atoms. The molecule has 0 radical (unpaired) electrons. The number of ether oxygens (including phenoxy) is 2. The van der Waals surface area contributed by atoms with E-state index in [4.69, 9.17) is 9.47 Å². The molecule has 0 aromatic heterocycles. The maximum Gasteiger partial charge on any atom is 0.244 e. The number of anilines is 1. The molecule has 0 fully saturated rings. The molecule has 1 heterocycles. The fourth-order valence-electron chi connectivity index (χ4n) is 3.80. The quantitative estimate of drug-likeness (QED) is 0.504. The predicted octanol–water partition coefficient (Wildman–Crippen LogP) is 2.21. The van der Waals surface area contributed by atoms with E-state index < -0.39 is 28.5 Å². The minimum atomic E-state index is -3.80. The Hall–Kier alpha value is -3.27. The highest BCUT2D eigenvalue weighted by Gasteiger charge is 2.31. The van der Waals surface area contributed by atoms with Crippen molar-refractivity contribution in [3.8, 4) is 11.5 Å². The summed E-state index contributed by atoms with van der Waals surface area (Å²) in [5.74, 6) is -0.00155. The average Bonchev–Trinajstić information content (AvgIpc) is 2.87. The van der Waals surface area contributed by atoms with Gasteiger partial charge in [0.2, 0.25) is 21.8 Å². The topological polar surface area (TPSA) is 105 Å². The standard InChI is InChI=1S/C25H33N3O6S/c1-4-26-25(30)19(3)27(14-13-20-9-7-6-8-10-20)24(29)18-28(35(31,32)5-2)21-11-12-22-23(17-21)34-16-15-33-22/h6-12,17,19H,4-5,13-16,18H2,1-3H3,(H,26,30). The van der Waals surface area contributed by atoms with Crippen molar-refractivity contribution < 1.29 is 27.5 Å². The first-order valence-corrected chi connectivity index (χ1v) is 13.4. The summed E-state index contributed by atoms with van der Waals surface area (Å²) in [6.45, 7) is 6.00. The van der Waals surface area contributed by atoms with E-state index >= 15 is 0 Å². The predicted molar refractivity (Wildman–Crippen MR) is 134 cm³/mol. The summed E-state index contributed by atoms with van der Waals surface area (Å²) in [4.78, 5) is 27.6. The molecule has 1 aliphatic rings. The molecule has 0 saturated heterocycles. The Morgan fingerprint density at radius 1 is 1.03 bits per heavy atom. The second kappa shape index (κ2) is 11.9. The number of hydrogen-bond acceptors (Lipinski definition) is 6. The number of likely N-dealkylation sites (N-methyl/N-ethyl adjacent to an activating group) is 1. The van der Waals surface area contributed by atoms with E-state index in [1.165, 1.54) is 11.8 Å². The Balaban J connectivity index is 1.88. The molecule has 0 aliphatic carbocycles. The number of carbonyl (C=O) groups is 2. The third-order valence-corrected chi connectivity index (χ3v) is 7.54. The first-order chi connectivity index (χ1) is 16.8. The van der Waals surface area contributed by atoms with Crippen LogP contribution in [0.5, 0.6) is 11.5 Å². The van der Waals surface area contributed by atoms with Crippen LogP contribution in [0.4, 0.5) is 5.69 Å². The lowest BCUT2D eigenvalue weighted by Gasteiger charge is -2.32. The normalized spacial score (nSPS) is 13.6. The van der Waals surface area contributed by atoms with Gasteiger partial charge in [-0.25, -0.2) is 8.42 Å². The zero-order valence-electron chi connectivity index (χ0n) is 20.4. The largest absolute Gasteiger partial charge is 0.486 e.